The molecule has 0 heterocycles. The fourth-order valence-corrected chi connectivity index (χ4v) is 2.14. The highest BCUT2D eigenvalue weighted by Crippen LogP contribution is 2.23. The molecule has 1 amide bonds. The maximum atomic E-state index is 11.6. The Morgan fingerprint density at radius 3 is 2.62 bits per heavy atom. The number of carbonyl (C=O) groups is 1. The first kappa shape index (κ1) is 14.9. The van der Waals surface area contributed by atoms with E-state index >= 15 is 0 Å². The fourth-order valence-electron chi connectivity index (χ4n) is 2.14. The van der Waals surface area contributed by atoms with E-state index in [0.29, 0.717) is 5.56 Å². The maximum absolute atomic E-state index is 11.6. The Kier molecular flexibility index (Phi) is 4.82. The molecule has 110 valence electrons. The van der Waals surface area contributed by atoms with Crippen molar-refractivity contribution in [1.82, 2.24) is 5.32 Å². The molecular formula is C17H20N2O2. The molecule has 2 N–H and O–H groups in total. The summed E-state index contributed by atoms with van der Waals surface area (Å²) in [6.45, 7) is 2.07. The van der Waals surface area contributed by atoms with Gasteiger partial charge in [0.25, 0.3) is 5.91 Å². The number of nitrogens with one attached hydrogen (secondary N) is 2. The van der Waals surface area contributed by atoms with Gasteiger partial charge in [-0.3, -0.25) is 4.79 Å². The van der Waals surface area contributed by atoms with Gasteiger partial charge >= 0.3 is 0 Å². The van der Waals surface area contributed by atoms with Crippen LogP contribution in [0, 0.1) is 0 Å². The summed E-state index contributed by atoms with van der Waals surface area (Å²) in [6, 6.07) is 15.5. The van der Waals surface area contributed by atoms with Crippen molar-refractivity contribution in [3.63, 3.8) is 0 Å². The van der Waals surface area contributed by atoms with Crippen LogP contribution in [0.15, 0.2) is 48.5 Å². The molecule has 0 bridgehead atoms. The molecule has 0 radical (unpaired) electrons. The second-order valence-corrected chi connectivity index (χ2v) is 4.80. The number of methoxy groups -OCH3 is 1. The van der Waals surface area contributed by atoms with Crippen molar-refractivity contribution in [1.29, 1.82) is 0 Å². The van der Waals surface area contributed by atoms with Crippen LogP contribution in [0.1, 0.15) is 28.9 Å². The van der Waals surface area contributed by atoms with Crippen molar-refractivity contribution in [3.05, 3.63) is 59.7 Å². The summed E-state index contributed by atoms with van der Waals surface area (Å²) in [5.74, 6) is 0.743. The molecule has 21 heavy (non-hydrogen) atoms. The van der Waals surface area contributed by atoms with Crippen LogP contribution in [-0.2, 0) is 0 Å². The molecule has 0 fully saturated rings. The zero-order chi connectivity index (χ0) is 15.2. The van der Waals surface area contributed by atoms with Gasteiger partial charge < -0.3 is 15.4 Å². The van der Waals surface area contributed by atoms with E-state index in [4.69, 9.17) is 4.74 Å². The van der Waals surface area contributed by atoms with Crippen molar-refractivity contribution in [2.75, 3.05) is 19.5 Å². The monoisotopic (exact) mass is 284 g/mol. The van der Waals surface area contributed by atoms with Gasteiger partial charge in [0, 0.05) is 24.3 Å². The number of anilines is 1. The van der Waals surface area contributed by atoms with Crippen molar-refractivity contribution >= 4 is 11.6 Å². The zero-order valence-corrected chi connectivity index (χ0v) is 12.5. The Morgan fingerprint density at radius 1 is 1.14 bits per heavy atom. The van der Waals surface area contributed by atoms with Gasteiger partial charge in [-0.15, -0.1) is 0 Å². The van der Waals surface area contributed by atoms with Crippen LogP contribution in [0.4, 0.5) is 5.69 Å². The van der Waals surface area contributed by atoms with E-state index in [1.807, 2.05) is 42.5 Å². The maximum Gasteiger partial charge on any atom is 0.251 e. The average Bonchev–Trinajstić information content (AvgIpc) is 2.54. The third-order valence-electron chi connectivity index (χ3n) is 3.33. The molecule has 2 aromatic carbocycles. The number of benzene rings is 2. The second-order valence-electron chi connectivity index (χ2n) is 4.80. The van der Waals surface area contributed by atoms with E-state index in [0.717, 1.165) is 17.0 Å². The summed E-state index contributed by atoms with van der Waals surface area (Å²) in [7, 11) is 3.28. The SMILES string of the molecule is CNC(=O)c1cccc(NC(C)c2cccc(OC)c2)c1. The van der Waals surface area contributed by atoms with Gasteiger partial charge in [-0.2, -0.15) is 0 Å². The molecule has 0 saturated carbocycles. The summed E-state index contributed by atoms with van der Waals surface area (Å²) in [5, 5.41) is 6.02. The number of rotatable bonds is 5. The van der Waals surface area contributed by atoms with Crippen molar-refractivity contribution in [2.24, 2.45) is 0 Å². The molecule has 0 aliphatic carbocycles. The molecule has 4 nitrogen and oxygen atoms in total. The number of amides is 1. The standard InChI is InChI=1S/C17H20N2O2/c1-12(13-6-5-9-16(11-13)21-3)19-15-8-4-7-14(10-15)17(20)18-2/h4-12,19H,1-3H3,(H,18,20). The molecule has 1 atom stereocenters. The Bertz CT molecular complexity index is 626. The smallest absolute Gasteiger partial charge is 0.251 e. The van der Waals surface area contributed by atoms with Crippen LogP contribution in [0.25, 0.3) is 0 Å². The van der Waals surface area contributed by atoms with E-state index in [-0.39, 0.29) is 11.9 Å². The van der Waals surface area contributed by atoms with Crippen molar-refractivity contribution < 1.29 is 9.53 Å². The second kappa shape index (κ2) is 6.79. The van der Waals surface area contributed by atoms with Crippen LogP contribution >= 0.6 is 0 Å². The topological polar surface area (TPSA) is 50.4 Å². The van der Waals surface area contributed by atoms with Gasteiger partial charge in [0.2, 0.25) is 0 Å². The Hall–Kier alpha value is -2.49. The number of hydrogen-bond donors (Lipinski definition) is 2. The summed E-state index contributed by atoms with van der Waals surface area (Å²) >= 11 is 0. The third-order valence-corrected chi connectivity index (χ3v) is 3.33. The first-order valence-electron chi connectivity index (χ1n) is 6.86. The van der Waals surface area contributed by atoms with E-state index in [1.165, 1.54) is 0 Å². The quantitative estimate of drug-likeness (QED) is 0.886. The lowest BCUT2D eigenvalue weighted by Crippen LogP contribution is -2.18. The van der Waals surface area contributed by atoms with Crippen LogP contribution in [-0.4, -0.2) is 20.1 Å². The summed E-state index contributed by atoms with van der Waals surface area (Å²) < 4.78 is 5.24. The van der Waals surface area contributed by atoms with Crippen LogP contribution < -0.4 is 15.4 Å². The van der Waals surface area contributed by atoms with Gasteiger partial charge in [0.05, 0.1) is 7.11 Å². The first-order chi connectivity index (χ1) is 10.1. The molecule has 2 aromatic rings. The van der Waals surface area contributed by atoms with Gasteiger partial charge in [0.15, 0.2) is 0 Å². The lowest BCUT2D eigenvalue weighted by atomic mass is 10.1. The predicted molar refractivity (Wildman–Crippen MR) is 84.9 cm³/mol. The van der Waals surface area contributed by atoms with E-state index in [1.54, 1.807) is 20.2 Å². The molecule has 4 heteroatoms. The number of hydrogen-bond acceptors (Lipinski definition) is 3. The Labute approximate surface area is 125 Å². The molecule has 0 aromatic heterocycles. The highest BCUT2D eigenvalue weighted by Gasteiger charge is 2.08. The zero-order valence-electron chi connectivity index (χ0n) is 12.5. The van der Waals surface area contributed by atoms with Crippen molar-refractivity contribution in [3.8, 4) is 5.75 Å². The van der Waals surface area contributed by atoms with Gasteiger partial charge in [-0.1, -0.05) is 18.2 Å². The van der Waals surface area contributed by atoms with E-state index in [9.17, 15) is 4.79 Å². The third kappa shape index (κ3) is 3.75. The minimum atomic E-state index is -0.0901. The number of carbonyl (C=O) groups excluding carboxylic acids is 1. The molecular weight excluding hydrogens is 264 g/mol. The molecule has 2 rings (SSSR count). The Morgan fingerprint density at radius 2 is 1.90 bits per heavy atom. The molecule has 0 aliphatic heterocycles. The minimum Gasteiger partial charge on any atom is -0.497 e. The Balaban J connectivity index is 2.15. The van der Waals surface area contributed by atoms with Gasteiger partial charge in [-0.25, -0.2) is 0 Å². The molecule has 0 aliphatic rings. The van der Waals surface area contributed by atoms with Crippen molar-refractivity contribution in [2.45, 2.75) is 13.0 Å². The average molecular weight is 284 g/mol. The highest BCUT2D eigenvalue weighted by atomic mass is 16.5. The normalized spacial score (nSPS) is 11.6. The van der Waals surface area contributed by atoms with Crippen LogP contribution in [0.3, 0.4) is 0 Å². The fraction of sp³-hybridized carbons (Fsp3) is 0.235. The lowest BCUT2D eigenvalue weighted by Gasteiger charge is -2.17. The van der Waals surface area contributed by atoms with Gasteiger partial charge in [-0.05, 0) is 42.8 Å². The molecule has 0 spiro atoms. The van der Waals surface area contributed by atoms with E-state index in [2.05, 4.69) is 17.6 Å². The van der Waals surface area contributed by atoms with Crippen LogP contribution in [0.5, 0.6) is 5.75 Å². The highest BCUT2D eigenvalue weighted by molar-refractivity contribution is 5.94. The molecule has 1 unspecified atom stereocenters. The lowest BCUT2D eigenvalue weighted by molar-refractivity contribution is 0.0963. The summed E-state index contributed by atoms with van der Waals surface area (Å²) in [4.78, 5) is 11.6. The minimum absolute atomic E-state index is 0.0901. The first-order valence-corrected chi connectivity index (χ1v) is 6.86. The van der Waals surface area contributed by atoms with Gasteiger partial charge in [0.1, 0.15) is 5.75 Å². The predicted octanol–water partition coefficient (Wildman–Crippen LogP) is 3.23. The largest absolute Gasteiger partial charge is 0.497 e. The summed E-state index contributed by atoms with van der Waals surface area (Å²) in [6.07, 6.45) is 0. The van der Waals surface area contributed by atoms with Crippen LogP contribution in [0.2, 0.25) is 0 Å². The number of ether oxygens (including phenoxy) is 1. The summed E-state index contributed by atoms with van der Waals surface area (Å²) in [5.41, 5.74) is 2.67. The van der Waals surface area contributed by atoms with E-state index < -0.39 is 0 Å². The molecule has 0 saturated heterocycles.